The summed E-state index contributed by atoms with van der Waals surface area (Å²) >= 11 is 0. The number of ether oxygens (including phenoxy) is 1. The van der Waals surface area contributed by atoms with E-state index in [1.807, 2.05) is 12.1 Å². The van der Waals surface area contributed by atoms with Crippen LogP contribution < -0.4 is 4.74 Å². The summed E-state index contributed by atoms with van der Waals surface area (Å²) in [5, 5.41) is 7.62. The van der Waals surface area contributed by atoms with Gasteiger partial charge < -0.3 is 4.74 Å². The number of hydrogen-bond acceptors (Lipinski definition) is 1. The number of hydrogen-bond donors (Lipinski definition) is 0. The number of benzene rings is 5. The molecule has 0 radical (unpaired) electrons. The van der Waals surface area contributed by atoms with Crippen LogP contribution in [-0.4, -0.2) is 0 Å². The molecule has 0 aromatic heterocycles. The first-order valence-electron chi connectivity index (χ1n) is 8.54. The van der Waals surface area contributed by atoms with Crippen LogP contribution in [0.5, 0.6) is 11.5 Å². The molecule has 116 valence electrons. The van der Waals surface area contributed by atoms with Gasteiger partial charge in [0.25, 0.3) is 0 Å². The van der Waals surface area contributed by atoms with Crippen LogP contribution >= 0.6 is 0 Å². The van der Waals surface area contributed by atoms with Crippen LogP contribution in [0.2, 0.25) is 0 Å². The van der Waals surface area contributed by atoms with Crippen molar-refractivity contribution in [2.45, 2.75) is 0 Å². The van der Waals surface area contributed by atoms with E-state index in [2.05, 4.69) is 72.8 Å². The van der Waals surface area contributed by atoms with Crippen molar-refractivity contribution >= 4 is 32.3 Å². The predicted molar refractivity (Wildman–Crippen MR) is 104 cm³/mol. The van der Waals surface area contributed by atoms with Gasteiger partial charge in [-0.25, -0.2) is 0 Å². The third-order valence-electron chi connectivity index (χ3n) is 5.24. The topological polar surface area (TPSA) is 9.23 Å². The van der Waals surface area contributed by atoms with Crippen LogP contribution in [0, 0.1) is 0 Å². The average molecular weight is 318 g/mol. The van der Waals surface area contributed by atoms with E-state index in [0.29, 0.717) is 0 Å². The maximum absolute atomic E-state index is 6.19. The molecule has 25 heavy (non-hydrogen) atoms. The molecule has 0 bridgehead atoms. The molecule has 1 heteroatoms. The summed E-state index contributed by atoms with van der Waals surface area (Å²) in [5.41, 5.74) is 2.43. The largest absolute Gasteiger partial charge is 0.456 e. The van der Waals surface area contributed by atoms with E-state index in [9.17, 15) is 0 Å². The second-order valence-corrected chi connectivity index (χ2v) is 6.58. The van der Waals surface area contributed by atoms with E-state index in [0.717, 1.165) is 11.5 Å². The lowest BCUT2D eigenvalue weighted by atomic mass is 9.89. The standard InChI is InChI=1S/C24H14O/c1-2-7-16-15(6-1)12-13-17-19-9-5-11-23-24(19)21(14-20(16)17)18-8-3-4-10-22(18)25-23/h1-14H. The van der Waals surface area contributed by atoms with Crippen LogP contribution in [0.25, 0.3) is 43.4 Å². The van der Waals surface area contributed by atoms with Gasteiger partial charge in [0.2, 0.25) is 0 Å². The molecule has 0 saturated heterocycles. The minimum Gasteiger partial charge on any atom is -0.456 e. The van der Waals surface area contributed by atoms with E-state index in [4.69, 9.17) is 4.74 Å². The van der Waals surface area contributed by atoms with Crippen molar-refractivity contribution in [2.24, 2.45) is 0 Å². The molecule has 1 aliphatic heterocycles. The molecule has 5 aromatic rings. The van der Waals surface area contributed by atoms with Gasteiger partial charge in [0.1, 0.15) is 11.5 Å². The third-order valence-corrected chi connectivity index (χ3v) is 5.24. The van der Waals surface area contributed by atoms with Crippen molar-refractivity contribution in [1.29, 1.82) is 0 Å². The molecule has 0 saturated carbocycles. The Morgan fingerprint density at radius 1 is 0.480 bits per heavy atom. The zero-order valence-electron chi connectivity index (χ0n) is 13.5. The Balaban J connectivity index is 1.91. The second kappa shape index (κ2) is 4.61. The molecule has 0 N–H and O–H groups in total. The lowest BCUT2D eigenvalue weighted by Crippen LogP contribution is -1.97. The van der Waals surface area contributed by atoms with Crippen molar-refractivity contribution in [3.63, 3.8) is 0 Å². The molecule has 1 nitrogen and oxygen atoms in total. The molecule has 0 spiro atoms. The SMILES string of the molecule is c1ccc2c(c1)Oc1cccc3c1c-2cc1c2ccccc2ccc31. The molecule has 0 fully saturated rings. The van der Waals surface area contributed by atoms with Crippen molar-refractivity contribution in [1.82, 2.24) is 0 Å². The van der Waals surface area contributed by atoms with Crippen LogP contribution in [0.15, 0.2) is 84.9 Å². The van der Waals surface area contributed by atoms with E-state index in [1.165, 1.54) is 43.4 Å². The normalized spacial score (nSPS) is 12.3. The molecule has 0 unspecified atom stereocenters. The van der Waals surface area contributed by atoms with Gasteiger partial charge in [0, 0.05) is 10.9 Å². The summed E-state index contributed by atoms with van der Waals surface area (Å²) in [4.78, 5) is 0. The Hall–Kier alpha value is -3.32. The highest BCUT2D eigenvalue weighted by atomic mass is 16.5. The van der Waals surface area contributed by atoms with Crippen molar-refractivity contribution < 1.29 is 4.74 Å². The first kappa shape index (κ1) is 13.0. The molecule has 1 aliphatic rings. The summed E-state index contributed by atoms with van der Waals surface area (Å²) in [7, 11) is 0. The third kappa shape index (κ3) is 1.67. The fourth-order valence-corrected chi connectivity index (χ4v) is 4.13. The molecular formula is C24H14O. The van der Waals surface area contributed by atoms with Gasteiger partial charge in [-0.15, -0.1) is 0 Å². The highest BCUT2D eigenvalue weighted by molar-refractivity contribution is 6.22. The smallest absolute Gasteiger partial charge is 0.135 e. The van der Waals surface area contributed by atoms with Crippen LogP contribution in [0.4, 0.5) is 0 Å². The van der Waals surface area contributed by atoms with Gasteiger partial charge in [0.05, 0.1) is 0 Å². The summed E-state index contributed by atoms with van der Waals surface area (Å²) < 4.78 is 6.19. The maximum atomic E-state index is 6.19. The molecular weight excluding hydrogens is 304 g/mol. The minimum atomic E-state index is 0.932. The number of para-hydroxylation sites is 1. The monoisotopic (exact) mass is 318 g/mol. The summed E-state index contributed by atoms with van der Waals surface area (Å²) in [5.74, 6) is 1.88. The van der Waals surface area contributed by atoms with Gasteiger partial charge in [-0.2, -0.15) is 0 Å². The molecule has 5 aromatic carbocycles. The van der Waals surface area contributed by atoms with E-state index >= 15 is 0 Å². The first-order chi connectivity index (χ1) is 12.4. The highest BCUT2D eigenvalue weighted by Crippen LogP contribution is 2.49. The Morgan fingerprint density at radius 2 is 1.28 bits per heavy atom. The summed E-state index contributed by atoms with van der Waals surface area (Å²) in [6.45, 7) is 0. The van der Waals surface area contributed by atoms with Crippen LogP contribution in [0.1, 0.15) is 0 Å². The van der Waals surface area contributed by atoms with Crippen molar-refractivity contribution in [3.05, 3.63) is 84.9 Å². The molecule has 0 aliphatic carbocycles. The average Bonchev–Trinajstić information content (AvgIpc) is 2.68. The Bertz CT molecular complexity index is 1310. The quantitative estimate of drug-likeness (QED) is 0.276. The van der Waals surface area contributed by atoms with Gasteiger partial charge in [-0.3, -0.25) is 0 Å². The van der Waals surface area contributed by atoms with E-state index in [-0.39, 0.29) is 0 Å². The minimum absolute atomic E-state index is 0.932. The molecule has 6 rings (SSSR count). The Labute approximate surface area is 145 Å². The fourth-order valence-electron chi connectivity index (χ4n) is 4.13. The molecule has 1 heterocycles. The van der Waals surface area contributed by atoms with Crippen molar-refractivity contribution in [2.75, 3.05) is 0 Å². The van der Waals surface area contributed by atoms with Gasteiger partial charge >= 0.3 is 0 Å². The fraction of sp³-hybridized carbons (Fsp3) is 0. The van der Waals surface area contributed by atoms with E-state index < -0.39 is 0 Å². The summed E-state index contributed by atoms with van der Waals surface area (Å²) in [6.07, 6.45) is 0. The molecule has 0 amide bonds. The summed E-state index contributed by atoms with van der Waals surface area (Å²) in [6, 6.07) is 30.1. The van der Waals surface area contributed by atoms with Gasteiger partial charge in [-0.05, 0) is 50.7 Å². The molecule has 0 atom stereocenters. The lowest BCUT2D eigenvalue weighted by molar-refractivity contribution is 0.487. The van der Waals surface area contributed by atoms with Gasteiger partial charge in [-0.1, -0.05) is 66.7 Å². The zero-order valence-corrected chi connectivity index (χ0v) is 13.5. The van der Waals surface area contributed by atoms with Crippen molar-refractivity contribution in [3.8, 4) is 22.6 Å². The van der Waals surface area contributed by atoms with E-state index in [1.54, 1.807) is 0 Å². The van der Waals surface area contributed by atoms with Crippen LogP contribution in [-0.2, 0) is 0 Å². The Kier molecular flexibility index (Phi) is 2.40. The number of rotatable bonds is 0. The second-order valence-electron chi connectivity index (χ2n) is 6.58. The van der Waals surface area contributed by atoms with Crippen LogP contribution in [0.3, 0.4) is 0 Å². The first-order valence-corrected chi connectivity index (χ1v) is 8.54. The maximum Gasteiger partial charge on any atom is 0.135 e. The Morgan fingerprint density at radius 3 is 2.28 bits per heavy atom. The highest BCUT2D eigenvalue weighted by Gasteiger charge is 2.21. The lowest BCUT2D eigenvalue weighted by Gasteiger charge is -2.22. The zero-order chi connectivity index (χ0) is 16.4. The van der Waals surface area contributed by atoms with Gasteiger partial charge in [0.15, 0.2) is 0 Å². The number of fused-ring (bicyclic) bond motifs is 6. The predicted octanol–water partition coefficient (Wildman–Crippen LogP) is 6.92.